The van der Waals surface area contributed by atoms with Gasteiger partial charge < -0.3 is 5.11 Å². The molecule has 17 heavy (non-hydrogen) atoms. The molecule has 2 rings (SSSR count). The second-order valence-corrected chi connectivity index (χ2v) is 3.55. The third kappa shape index (κ3) is 2.39. The molecule has 1 heterocycles. The van der Waals surface area contributed by atoms with E-state index in [0.29, 0.717) is 11.3 Å². The smallest absolute Gasteiger partial charge is 0.338 e. The summed E-state index contributed by atoms with van der Waals surface area (Å²) in [6.07, 6.45) is 1.44. The summed E-state index contributed by atoms with van der Waals surface area (Å²) in [7, 11) is 0. The van der Waals surface area contributed by atoms with Gasteiger partial charge in [-0.25, -0.2) is 19.2 Å². The summed E-state index contributed by atoms with van der Waals surface area (Å²) >= 11 is 5.61. The zero-order chi connectivity index (χ0) is 12.4. The number of aromatic carboxylic acids is 1. The van der Waals surface area contributed by atoms with Crippen molar-refractivity contribution < 1.29 is 14.3 Å². The Hall–Kier alpha value is -2.01. The molecule has 0 spiro atoms. The number of halogens is 2. The summed E-state index contributed by atoms with van der Waals surface area (Å²) in [6, 6.07) is 5.30. The summed E-state index contributed by atoms with van der Waals surface area (Å²) in [6.45, 7) is 0. The molecule has 0 fully saturated rings. The standard InChI is InChI=1S/C11H6ClFN2O2/c12-11-14-4-3-9(15-11)6-1-2-7(10(16)17)8(13)5-6/h1-5H,(H,16,17). The Morgan fingerprint density at radius 3 is 2.71 bits per heavy atom. The van der Waals surface area contributed by atoms with Gasteiger partial charge in [-0.2, -0.15) is 0 Å². The average Bonchev–Trinajstić information content (AvgIpc) is 2.28. The highest BCUT2D eigenvalue weighted by atomic mass is 35.5. The molecule has 0 saturated carbocycles. The Bertz CT molecular complexity index is 589. The van der Waals surface area contributed by atoms with Crippen LogP contribution in [0.5, 0.6) is 0 Å². The predicted octanol–water partition coefficient (Wildman–Crippen LogP) is 2.63. The van der Waals surface area contributed by atoms with Crippen molar-refractivity contribution in [2.75, 3.05) is 0 Å². The molecule has 0 radical (unpaired) electrons. The lowest BCUT2D eigenvalue weighted by molar-refractivity contribution is 0.0692. The molecule has 0 bridgehead atoms. The van der Waals surface area contributed by atoms with Crippen molar-refractivity contribution in [2.45, 2.75) is 0 Å². The molecule has 0 saturated heterocycles. The molecule has 0 aliphatic carbocycles. The van der Waals surface area contributed by atoms with Gasteiger partial charge in [-0.3, -0.25) is 0 Å². The largest absolute Gasteiger partial charge is 0.478 e. The SMILES string of the molecule is O=C(O)c1ccc(-c2ccnc(Cl)n2)cc1F. The van der Waals surface area contributed by atoms with E-state index in [-0.39, 0.29) is 10.8 Å². The summed E-state index contributed by atoms with van der Waals surface area (Å²) in [5, 5.41) is 8.73. The van der Waals surface area contributed by atoms with Gasteiger partial charge in [0, 0.05) is 11.8 Å². The van der Waals surface area contributed by atoms with Crippen LogP contribution in [0.25, 0.3) is 11.3 Å². The second-order valence-electron chi connectivity index (χ2n) is 3.21. The van der Waals surface area contributed by atoms with E-state index >= 15 is 0 Å². The number of aromatic nitrogens is 2. The summed E-state index contributed by atoms with van der Waals surface area (Å²) in [5.41, 5.74) is 0.492. The monoisotopic (exact) mass is 252 g/mol. The number of hydrogen-bond acceptors (Lipinski definition) is 3. The van der Waals surface area contributed by atoms with E-state index in [2.05, 4.69) is 9.97 Å². The van der Waals surface area contributed by atoms with Crippen molar-refractivity contribution in [1.82, 2.24) is 9.97 Å². The molecule has 0 aliphatic rings. The fourth-order valence-electron chi connectivity index (χ4n) is 1.34. The molecular weight excluding hydrogens is 247 g/mol. The lowest BCUT2D eigenvalue weighted by atomic mass is 10.1. The topological polar surface area (TPSA) is 63.1 Å². The van der Waals surface area contributed by atoms with Crippen molar-refractivity contribution in [2.24, 2.45) is 0 Å². The van der Waals surface area contributed by atoms with E-state index in [4.69, 9.17) is 16.7 Å². The van der Waals surface area contributed by atoms with Crippen LogP contribution in [0.4, 0.5) is 4.39 Å². The number of hydrogen-bond donors (Lipinski definition) is 1. The Balaban J connectivity index is 2.48. The second kappa shape index (κ2) is 4.47. The average molecular weight is 253 g/mol. The maximum absolute atomic E-state index is 13.4. The van der Waals surface area contributed by atoms with Crippen LogP contribution >= 0.6 is 11.6 Å². The molecule has 86 valence electrons. The van der Waals surface area contributed by atoms with E-state index < -0.39 is 11.8 Å². The highest BCUT2D eigenvalue weighted by Crippen LogP contribution is 2.20. The van der Waals surface area contributed by atoms with Gasteiger partial charge in [0.15, 0.2) is 0 Å². The summed E-state index contributed by atoms with van der Waals surface area (Å²) < 4.78 is 13.4. The van der Waals surface area contributed by atoms with E-state index in [1.807, 2.05) is 0 Å². The maximum atomic E-state index is 13.4. The van der Waals surface area contributed by atoms with Crippen LogP contribution in [0.1, 0.15) is 10.4 Å². The molecule has 0 atom stereocenters. The minimum absolute atomic E-state index is 0.0465. The normalized spacial score (nSPS) is 10.2. The van der Waals surface area contributed by atoms with Crippen LogP contribution in [0, 0.1) is 5.82 Å². The summed E-state index contributed by atoms with van der Waals surface area (Å²) in [5.74, 6) is -2.13. The van der Waals surface area contributed by atoms with Crippen molar-refractivity contribution in [1.29, 1.82) is 0 Å². The number of nitrogens with zero attached hydrogens (tertiary/aromatic N) is 2. The highest BCUT2D eigenvalue weighted by Gasteiger charge is 2.11. The van der Waals surface area contributed by atoms with E-state index in [0.717, 1.165) is 6.07 Å². The van der Waals surface area contributed by atoms with Gasteiger partial charge in [0.05, 0.1) is 11.3 Å². The Kier molecular flexibility index (Phi) is 3.01. The number of carboxylic acid groups (broad SMARTS) is 1. The van der Waals surface area contributed by atoms with Crippen LogP contribution < -0.4 is 0 Å². The van der Waals surface area contributed by atoms with Crippen LogP contribution in [0.2, 0.25) is 5.28 Å². The first-order valence-electron chi connectivity index (χ1n) is 4.59. The first kappa shape index (κ1) is 11.5. The van der Waals surface area contributed by atoms with Gasteiger partial charge >= 0.3 is 5.97 Å². The van der Waals surface area contributed by atoms with Gasteiger partial charge in [0.25, 0.3) is 0 Å². The molecule has 1 aromatic carbocycles. The zero-order valence-corrected chi connectivity index (χ0v) is 9.15. The quantitative estimate of drug-likeness (QED) is 0.835. The fourth-order valence-corrected chi connectivity index (χ4v) is 1.49. The lowest BCUT2D eigenvalue weighted by Crippen LogP contribution is -2.00. The van der Waals surface area contributed by atoms with Gasteiger partial charge in [-0.1, -0.05) is 6.07 Å². The minimum atomic E-state index is -1.31. The van der Waals surface area contributed by atoms with Crippen molar-refractivity contribution in [3.63, 3.8) is 0 Å². The molecule has 6 heteroatoms. The number of rotatable bonds is 2. The molecule has 0 unspecified atom stereocenters. The van der Waals surface area contributed by atoms with E-state index in [1.54, 1.807) is 6.07 Å². The van der Waals surface area contributed by atoms with Crippen LogP contribution in [-0.2, 0) is 0 Å². The molecule has 4 nitrogen and oxygen atoms in total. The first-order chi connectivity index (χ1) is 8.08. The third-order valence-corrected chi connectivity index (χ3v) is 2.30. The van der Waals surface area contributed by atoms with Crippen LogP contribution in [0.15, 0.2) is 30.5 Å². The molecule has 0 aliphatic heterocycles. The number of benzene rings is 1. The molecule has 1 N–H and O–H groups in total. The Morgan fingerprint density at radius 2 is 2.12 bits per heavy atom. The zero-order valence-electron chi connectivity index (χ0n) is 8.39. The lowest BCUT2D eigenvalue weighted by Gasteiger charge is -2.03. The molecule has 0 amide bonds. The highest BCUT2D eigenvalue weighted by molar-refractivity contribution is 6.28. The Morgan fingerprint density at radius 1 is 1.35 bits per heavy atom. The number of carboxylic acids is 1. The first-order valence-corrected chi connectivity index (χ1v) is 4.97. The van der Waals surface area contributed by atoms with Gasteiger partial charge in [0.1, 0.15) is 5.82 Å². The molecule has 1 aromatic heterocycles. The maximum Gasteiger partial charge on any atom is 0.338 e. The fraction of sp³-hybridized carbons (Fsp3) is 0. The minimum Gasteiger partial charge on any atom is -0.478 e. The molecule has 2 aromatic rings. The van der Waals surface area contributed by atoms with Gasteiger partial charge in [-0.15, -0.1) is 0 Å². The summed E-state index contributed by atoms with van der Waals surface area (Å²) in [4.78, 5) is 18.2. The Labute approximate surface area is 101 Å². The van der Waals surface area contributed by atoms with Crippen LogP contribution in [-0.4, -0.2) is 21.0 Å². The number of carbonyl (C=O) groups is 1. The third-order valence-electron chi connectivity index (χ3n) is 2.12. The van der Waals surface area contributed by atoms with Crippen molar-refractivity contribution >= 4 is 17.6 Å². The van der Waals surface area contributed by atoms with Crippen LogP contribution in [0.3, 0.4) is 0 Å². The predicted molar refractivity (Wildman–Crippen MR) is 59.4 cm³/mol. The van der Waals surface area contributed by atoms with Crippen molar-refractivity contribution in [3.05, 3.63) is 47.1 Å². The van der Waals surface area contributed by atoms with E-state index in [9.17, 15) is 9.18 Å². The van der Waals surface area contributed by atoms with Gasteiger partial charge in [0.2, 0.25) is 5.28 Å². The van der Waals surface area contributed by atoms with E-state index in [1.165, 1.54) is 18.3 Å². The van der Waals surface area contributed by atoms with Gasteiger partial charge in [-0.05, 0) is 29.8 Å². The molecular formula is C11H6ClFN2O2. The van der Waals surface area contributed by atoms with Crippen molar-refractivity contribution in [3.8, 4) is 11.3 Å².